The number of fused-ring (bicyclic) bond motifs is 6. The molecule has 7 rings (SSSR count). The smallest absolute Gasteiger partial charge is 0.0963 e. The van der Waals surface area contributed by atoms with Crippen LogP contribution in [0.5, 0.6) is 0 Å². The fourth-order valence-electron chi connectivity index (χ4n) is 6.79. The molecule has 0 aliphatic heterocycles. The van der Waals surface area contributed by atoms with Gasteiger partial charge in [0.1, 0.15) is 0 Å². The number of nitrogens with zero attached hydrogens (tertiary/aromatic N) is 4. The second-order valence-corrected chi connectivity index (χ2v) is 13.3. The molecule has 42 heavy (non-hydrogen) atoms. The van der Waals surface area contributed by atoms with Crippen molar-refractivity contribution in [3.8, 4) is 11.4 Å². The van der Waals surface area contributed by atoms with E-state index < -0.39 is 0 Å². The molecule has 0 radical (unpaired) electrons. The van der Waals surface area contributed by atoms with E-state index >= 15 is 0 Å². The molecule has 7 aromatic rings. The summed E-state index contributed by atoms with van der Waals surface area (Å²) in [6, 6.07) is 32.9. The Bertz CT molecular complexity index is 1830. The molecule has 1 unspecified atom stereocenters. The van der Waals surface area contributed by atoms with Crippen LogP contribution in [0.15, 0.2) is 103 Å². The first-order valence-corrected chi connectivity index (χ1v) is 15.1. The molecule has 0 saturated carbocycles. The largest absolute Gasteiger partial charge is 0.308 e. The van der Waals surface area contributed by atoms with Crippen molar-refractivity contribution in [2.45, 2.75) is 47.5 Å². The van der Waals surface area contributed by atoms with E-state index in [1.165, 1.54) is 33.8 Å². The molecule has 4 nitrogen and oxygen atoms in total. The Kier molecular flexibility index (Phi) is 6.38. The zero-order valence-corrected chi connectivity index (χ0v) is 25.2. The summed E-state index contributed by atoms with van der Waals surface area (Å²) in [5, 5.41) is 2.35. The summed E-state index contributed by atoms with van der Waals surface area (Å²) in [7, 11) is 0. The Labute approximate surface area is 247 Å². The predicted molar refractivity (Wildman–Crippen MR) is 177 cm³/mol. The third-order valence-electron chi connectivity index (χ3n) is 8.65. The summed E-state index contributed by atoms with van der Waals surface area (Å²) < 4.78 is 4.79. The molecule has 0 spiro atoms. The van der Waals surface area contributed by atoms with Gasteiger partial charge in [0.05, 0.1) is 33.1 Å². The molecule has 0 N–H and O–H groups in total. The average Bonchev–Trinajstić information content (AvgIpc) is 3.49. The molecule has 3 aromatic carbocycles. The van der Waals surface area contributed by atoms with E-state index in [0.29, 0.717) is 11.8 Å². The van der Waals surface area contributed by atoms with Crippen molar-refractivity contribution in [1.29, 1.82) is 0 Å². The Balaban J connectivity index is 1.52. The summed E-state index contributed by atoms with van der Waals surface area (Å²) in [6.07, 6.45) is 6.00. The highest BCUT2D eigenvalue weighted by atomic mass is 15.0. The molecule has 0 aliphatic rings. The minimum atomic E-state index is 0.270. The number of aromatic nitrogens is 4. The highest BCUT2D eigenvalue weighted by Gasteiger charge is 2.23. The SMILES string of the molecule is CC(C)C(Cc1cc(-n2c3ccccc3c3ncccc32)cc(-n2c3ccccc3c3ncccc32)c1)CC(C)(C)C. The average molecular weight is 551 g/mol. The third-order valence-corrected chi connectivity index (χ3v) is 8.65. The van der Waals surface area contributed by atoms with Gasteiger partial charge in [-0.25, -0.2) is 0 Å². The first-order valence-electron chi connectivity index (χ1n) is 15.1. The molecule has 4 heteroatoms. The Morgan fingerprint density at radius 3 is 1.57 bits per heavy atom. The zero-order valence-electron chi connectivity index (χ0n) is 25.2. The van der Waals surface area contributed by atoms with Crippen LogP contribution >= 0.6 is 0 Å². The first-order chi connectivity index (χ1) is 20.3. The van der Waals surface area contributed by atoms with Crippen LogP contribution in [0.25, 0.3) is 55.2 Å². The van der Waals surface area contributed by atoms with Crippen LogP contribution in [0, 0.1) is 17.3 Å². The van der Waals surface area contributed by atoms with Gasteiger partial charge in [0.2, 0.25) is 0 Å². The zero-order chi connectivity index (χ0) is 29.0. The van der Waals surface area contributed by atoms with Gasteiger partial charge in [-0.1, -0.05) is 71.0 Å². The van der Waals surface area contributed by atoms with Crippen molar-refractivity contribution in [3.63, 3.8) is 0 Å². The van der Waals surface area contributed by atoms with Gasteiger partial charge in [-0.2, -0.15) is 0 Å². The third kappa shape index (κ3) is 4.56. The van der Waals surface area contributed by atoms with Crippen LogP contribution in [0.1, 0.15) is 46.6 Å². The maximum atomic E-state index is 4.81. The Hall–Kier alpha value is -4.44. The van der Waals surface area contributed by atoms with E-state index in [1.54, 1.807) is 0 Å². The van der Waals surface area contributed by atoms with Crippen LogP contribution in [0.2, 0.25) is 0 Å². The van der Waals surface area contributed by atoms with Crippen LogP contribution in [0.4, 0.5) is 0 Å². The highest BCUT2D eigenvalue weighted by molar-refractivity contribution is 6.08. The minimum Gasteiger partial charge on any atom is -0.308 e. The lowest BCUT2D eigenvalue weighted by Gasteiger charge is -2.29. The molecular weight excluding hydrogens is 512 g/mol. The van der Waals surface area contributed by atoms with Gasteiger partial charge in [0.15, 0.2) is 0 Å². The fourth-order valence-corrected chi connectivity index (χ4v) is 6.79. The first kappa shape index (κ1) is 26.5. The summed E-state index contributed by atoms with van der Waals surface area (Å²) in [4.78, 5) is 9.62. The number of para-hydroxylation sites is 2. The maximum absolute atomic E-state index is 4.81. The number of benzene rings is 3. The van der Waals surface area contributed by atoms with Crippen molar-refractivity contribution in [2.24, 2.45) is 17.3 Å². The van der Waals surface area contributed by atoms with Crippen LogP contribution in [0.3, 0.4) is 0 Å². The topological polar surface area (TPSA) is 35.6 Å². The van der Waals surface area contributed by atoms with Gasteiger partial charge < -0.3 is 9.13 Å². The van der Waals surface area contributed by atoms with Crippen molar-refractivity contribution < 1.29 is 0 Å². The van der Waals surface area contributed by atoms with E-state index in [1.807, 2.05) is 24.5 Å². The van der Waals surface area contributed by atoms with Crippen LogP contribution in [-0.4, -0.2) is 19.1 Å². The second kappa shape index (κ2) is 10.1. The van der Waals surface area contributed by atoms with Gasteiger partial charge in [0.25, 0.3) is 0 Å². The molecule has 0 aliphatic carbocycles. The number of hydrogen-bond donors (Lipinski definition) is 0. The molecule has 4 heterocycles. The molecule has 0 bridgehead atoms. The summed E-state index contributed by atoms with van der Waals surface area (Å²) in [5.74, 6) is 1.17. The minimum absolute atomic E-state index is 0.270. The lowest BCUT2D eigenvalue weighted by atomic mass is 9.77. The summed E-state index contributed by atoms with van der Waals surface area (Å²) in [6.45, 7) is 11.8. The van der Waals surface area contributed by atoms with Crippen LogP contribution < -0.4 is 0 Å². The van der Waals surface area contributed by atoms with E-state index in [9.17, 15) is 0 Å². The number of rotatable bonds is 6. The lowest BCUT2D eigenvalue weighted by Crippen LogP contribution is -2.20. The standard InChI is InChI=1S/C38H38N4/c1-25(2)27(24-38(3,4)5)20-26-21-28(41-32-14-8-6-12-30(32)36-34(41)16-10-18-39-36)23-29(22-26)42-33-15-9-7-13-31(33)37-35(42)17-11-19-40-37/h6-19,21-23,25,27H,20,24H2,1-5H3. The molecule has 1 atom stereocenters. The fraction of sp³-hybridized carbons (Fsp3) is 0.263. The van der Waals surface area contributed by atoms with Gasteiger partial charge in [-0.15, -0.1) is 0 Å². The van der Waals surface area contributed by atoms with Crippen LogP contribution in [-0.2, 0) is 6.42 Å². The molecular formula is C38H38N4. The van der Waals surface area contributed by atoms with Crippen molar-refractivity contribution >= 4 is 43.9 Å². The molecule has 0 amide bonds. The molecule has 0 fully saturated rings. The number of pyridine rings is 2. The van der Waals surface area contributed by atoms with Gasteiger partial charge in [-0.3, -0.25) is 9.97 Å². The lowest BCUT2D eigenvalue weighted by molar-refractivity contribution is 0.241. The quantitative estimate of drug-likeness (QED) is 0.206. The number of hydrogen-bond acceptors (Lipinski definition) is 2. The highest BCUT2D eigenvalue weighted by Crippen LogP contribution is 2.37. The van der Waals surface area contributed by atoms with Gasteiger partial charge in [-0.05, 0) is 90.3 Å². The molecule has 4 aromatic heterocycles. The van der Waals surface area contributed by atoms with Crippen molar-refractivity contribution in [1.82, 2.24) is 19.1 Å². The molecule has 0 saturated heterocycles. The van der Waals surface area contributed by atoms with Gasteiger partial charge >= 0.3 is 0 Å². The van der Waals surface area contributed by atoms with E-state index in [2.05, 4.69) is 123 Å². The maximum Gasteiger partial charge on any atom is 0.0963 e. The van der Waals surface area contributed by atoms with E-state index in [4.69, 9.17) is 9.97 Å². The predicted octanol–water partition coefficient (Wildman–Crippen LogP) is 9.92. The summed E-state index contributed by atoms with van der Waals surface area (Å²) >= 11 is 0. The summed E-state index contributed by atoms with van der Waals surface area (Å²) in [5.41, 5.74) is 10.6. The van der Waals surface area contributed by atoms with E-state index in [0.717, 1.165) is 39.9 Å². The van der Waals surface area contributed by atoms with Gasteiger partial charge in [0, 0.05) is 34.5 Å². The van der Waals surface area contributed by atoms with Crippen molar-refractivity contribution in [3.05, 3.63) is 109 Å². The monoisotopic (exact) mass is 550 g/mol. The van der Waals surface area contributed by atoms with Crippen molar-refractivity contribution in [2.75, 3.05) is 0 Å². The Morgan fingerprint density at radius 2 is 1.10 bits per heavy atom. The van der Waals surface area contributed by atoms with E-state index in [-0.39, 0.29) is 5.41 Å². The molecule has 210 valence electrons. The normalized spacial score (nSPS) is 13.2. The Morgan fingerprint density at radius 1 is 0.619 bits per heavy atom. The second-order valence-electron chi connectivity index (χ2n) is 13.3.